The van der Waals surface area contributed by atoms with Gasteiger partial charge in [0.05, 0.1) is 0 Å². The lowest BCUT2D eigenvalue weighted by Gasteiger charge is -2.36. The summed E-state index contributed by atoms with van der Waals surface area (Å²) < 4.78 is 0. The number of carbonyl (C=O) groups is 2. The van der Waals surface area contributed by atoms with Crippen LogP contribution in [0, 0.1) is 0 Å². The summed E-state index contributed by atoms with van der Waals surface area (Å²) in [5.41, 5.74) is -1.38. The molecule has 1 aliphatic rings. The van der Waals surface area contributed by atoms with E-state index in [-0.39, 0.29) is 12.8 Å². The Balaban J connectivity index is 2.66. The average Bonchev–Trinajstić information content (AvgIpc) is 2.51. The maximum atomic E-state index is 12.3. The van der Waals surface area contributed by atoms with E-state index in [9.17, 15) is 14.8 Å². The molecule has 0 amide bonds. The molecule has 0 bridgehead atoms. The van der Waals surface area contributed by atoms with Crippen LogP contribution >= 0.6 is 0 Å². The number of hydrogen-bond acceptors (Lipinski definition) is 3. The number of nitrogens with zero attached hydrogens (tertiary/aromatic N) is 1. The van der Waals surface area contributed by atoms with Gasteiger partial charge in [-0.2, -0.15) is 0 Å². The summed E-state index contributed by atoms with van der Waals surface area (Å²) in [6, 6.07) is 0. The fourth-order valence-corrected chi connectivity index (χ4v) is 2.60. The monoisotopic (exact) mass is 258 g/mol. The SMILES string of the molecule is C[C@@]1(CCC(=O)O)CC[C@@](C)(CCC(=O)O)N1[O]. The molecule has 18 heavy (non-hydrogen) atoms. The number of carboxylic acid groups (broad SMARTS) is 2. The lowest BCUT2D eigenvalue weighted by molar-refractivity contribution is -0.256. The Morgan fingerprint density at radius 1 is 1.00 bits per heavy atom. The Labute approximate surface area is 106 Å². The molecule has 0 aromatic rings. The van der Waals surface area contributed by atoms with Gasteiger partial charge in [0.2, 0.25) is 0 Å². The van der Waals surface area contributed by atoms with E-state index in [0.717, 1.165) is 5.06 Å². The summed E-state index contributed by atoms with van der Waals surface area (Å²) in [6.45, 7) is 3.52. The van der Waals surface area contributed by atoms with Crippen molar-refractivity contribution in [1.29, 1.82) is 0 Å². The van der Waals surface area contributed by atoms with E-state index in [1.807, 2.05) is 0 Å². The maximum absolute atomic E-state index is 12.3. The van der Waals surface area contributed by atoms with Crippen molar-refractivity contribution < 1.29 is 25.0 Å². The maximum Gasteiger partial charge on any atom is 0.303 e. The van der Waals surface area contributed by atoms with Gasteiger partial charge in [-0.15, -0.1) is 10.3 Å². The van der Waals surface area contributed by atoms with Gasteiger partial charge >= 0.3 is 11.9 Å². The highest BCUT2D eigenvalue weighted by molar-refractivity contribution is 5.67. The molecule has 0 aromatic carbocycles. The van der Waals surface area contributed by atoms with Gasteiger partial charge in [0, 0.05) is 23.9 Å². The van der Waals surface area contributed by atoms with E-state index in [4.69, 9.17) is 10.2 Å². The van der Waals surface area contributed by atoms with E-state index in [1.54, 1.807) is 13.8 Å². The van der Waals surface area contributed by atoms with Gasteiger partial charge in [-0.05, 0) is 39.5 Å². The number of hydroxylamine groups is 2. The highest BCUT2D eigenvalue weighted by atomic mass is 16.5. The Morgan fingerprint density at radius 3 is 1.61 bits per heavy atom. The van der Waals surface area contributed by atoms with Gasteiger partial charge in [0.15, 0.2) is 0 Å². The predicted octanol–water partition coefficient (Wildman–Crippen LogP) is 1.67. The first-order chi connectivity index (χ1) is 8.19. The van der Waals surface area contributed by atoms with Gasteiger partial charge < -0.3 is 10.2 Å². The van der Waals surface area contributed by atoms with Crippen LogP contribution in [0.1, 0.15) is 52.4 Å². The third-order valence-electron chi connectivity index (χ3n) is 3.94. The largest absolute Gasteiger partial charge is 0.481 e. The zero-order chi connectivity index (χ0) is 14.0. The number of rotatable bonds is 6. The van der Waals surface area contributed by atoms with Crippen LogP contribution in [0.5, 0.6) is 0 Å². The van der Waals surface area contributed by atoms with Gasteiger partial charge in [0.1, 0.15) is 0 Å². The molecule has 0 spiro atoms. The van der Waals surface area contributed by atoms with E-state index in [2.05, 4.69) is 0 Å². The van der Waals surface area contributed by atoms with Crippen LogP contribution in [-0.2, 0) is 14.8 Å². The third kappa shape index (κ3) is 3.20. The first kappa shape index (κ1) is 14.9. The third-order valence-corrected chi connectivity index (χ3v) is 3.94. The molecule has 0 aliphatic carbocycles. The van der Waals surface area contributed by atoms with E-state index >= 15 is 0 Å². The number of hydrogen-bond donors (Lipinski definition) is 2. The van der Waals surface area contributed by atoms with Gasteiger partial charge in [-0.25, -0.2) is 0 Å². The summed E-state index contributed by atoms with van der Waals surface area (Å²) in [6.07, 6.45) is 1.75. The van der Waals surface area contributed by atoms with Gasteiger partial charge in [-0.3, -0.25) is 9.59 Å². The lowest BCUT2D eigenvalue weighted by Crippen LogP contribution is -2.48. The first-order valence-corrected chi connectivity index (χ1v) is 6.11. The minimum atomic E-state index is -0.913. The van der Waals surface area contributed by atoms with Crippen LogP contribution in [0.2, 0.25) is 0 Å². The molecule has 1 saturated heterocycles. The van der Waals surface area contributed by atoms with Crippen LogP contribution in [0.25, 0.3) is 0 Å². The molecule has 6 heteroatoms. The normalized spacial score (nSPS) is 32.6. The highest BCUT2D eigenvalue weighted by Gasteiger charge is 2.50. The smallest absolute Gasteiger partial charge is 0.303 e. The van der Waals surface area contributed by atoms with Crippen molar-refractivity contribution in [1.82, 2.24) is 5.06 Å². The van der Waals surface area contributed by atoms with Crippen LogP contribution in [0.4, 0.5) is 0 Å². The zero-order valence-corrected chi connectivity index (χ0v) is 10.8. The Bertz CT molecular complexity index is 313. The fourth-order valence-electron chi connectivity index (χ4n) is 2.60. The van der Waals surface area contributed by atoms with Crippen LogP contribution in [0.15, 0.2) is 0 Å². The Kier molecular flexibility index (Phi) is 4.34. The number of aliphatic carboxylic acids is 2. The zero-order valence-electron chi connectivity index (χ0n) is 10.8. The van der Waals surface area contributed by atoms with Crippen molar-refractivity contribution in [2.45, 2.75) is 63.5 Å². The Hall–Kier alpha value is -1.14. The summed E-state index contributed by atoms with van der Waals surface area (Å²) >= 11 is 0. The molecule has 1 rings (SSSR count). The second-order valence-corrected chi connectivity index (χ2v) is 5.58. The minimum absolute atomic E-state index is 0.0374. The molecule has 0 saturated carbocycles. The van der Waals surface area contributed by atoms with Crippen molar-refractivity contribution in [3.63, 3.8) is 0 Å². The molecule has 1 fully saturated rings. The van der Waals surface area contributed by atoms with E-state index in [0.29, 0.717) is 25.7 Å². The molecule has 6 nitrogen and oxygen atoms in total. The minimum Gasteiger partial charge on any atom is -0.481 e. The predicted molar refractivity (Wildman–Crippen MR) is 62.3 cm³/mol. The van der Waals surface area contributed by atoms with Crippen LogP contribution in [-0.4, -0.2) is 38.3 Å². The average molecular weight is 258 g/mol. The summed E-state index contributed by atoms with van der Waals surface area (Å²) in [4.78, 5) is 21.2. The van der Waals surface area contributed by atoms with Crippen molar-refractivity contribution >= 4 is 11.9 Å². The van der Waals surface area contributed by atoms with Crippen LogP contribution < -0.4 is 0 Å². The molecule has 2 atom stereocenters. The molecule has 2 N–H and O–H groups in total. The molecule has 1 aliphatic heterocycles. The lowest BCUT2D eigenvalue weighted by atomic mass is 9.92. The van der Waals surface area contributed by atoms with E-state index < -0.39 is 23.0 Å². The fraction of sp³-hybridized carbons (Fsp3) is 0.833. The van der Waals surface area contributed by atoms with Crippen molar-refractivity contribution in [2.75, 3.05) is 0 Å². The molecule has 103 valence electrons. The van der Waals surface area contributed by atoms with Crippen molar-refractivity contribution in [2.24, 2.45) is 0 Å². The summed E-state index contributed by atoms with van der Waals surface area (Å²) in [5.74, 6) is -1.83. The van der Waals surface area contributed by atoms with Gasteiger partial charge in [0.25, 0.3) is 0 Å². The molecule has 0 unspecified atom stereocenters. The summed E-state index contributed by atoms with van der Waals surface area (Å²) in [7, 11) is 0. The highest BCUT2D eigenvalue weighted by Crippen LogP contribution is 2.44. The number of carboxylic acids is 2. The molecular weight excluding hydrogens is 238 g/mol. The molecular formula is C12H20NO5. The second-order valence-electron chi connectivity index (χ2n) is 5.58. The van der Waals surface area contributed by atoms with Crippen LogP contribution in [0.3, 0.4) is 0 Å². The summed E-state index contributed by atoms with van der Waals surface area (Å²) in [5, 5.41) is 30.6. The quantitative estimate of drug-likeness (QED) is 0.755. The van der Waals surface area contributed by atoms with Crippen molar-refractivity contribution in [3.8, 4) is 0 Å². The molecule has 0 aromatic heterocycles. The molecule has 1 radical (unpaired) electrons. The molecule has 1 heterocycles. The Morgan fingerprint density at radius 2 is 1.33 bits per heavy atom. The van der Waals surface area contributed by atoms with Gasteiger partial charge in [-0.1, -0.05) is 0 Å². The second kappa shape index (κ2) is 5.24. The van der Waals surface area contributed by atoms with Crippen molar-refractivity contribution in [3.05, 3.63) is 0 Å². The standard InChI is InChI=1S/C12H20NO5/c1-11(5-3-9(14)15)7-8-12(2,13(11)18)6-4-10(16)17/h3-8H2,1-2H3,(H,14,15)(H,16,17)/t11-,12-/m1/s1. The van der Waals surface area contributed by atoms with E-state index in [1.165, 1.54) is 0 Å². The topological polar surface area (TPSA) is 97.7 Å². The first-order valence-electron chi connectivity index (χ1n) is 6.11.